The first kappa shape index (κ1) is 16.8. The third-order valence-electron chi connectivity index (χ3n) is 3.75. The van der Waals surface area contributed by atoms with Crippen LogP contribution in [0.1, 0.15) is 11.7 Å². The zero-order chi connectivity index (χ0) is 16.3. The van der Waals surface area contributed by atoms with E-state index in [1.165, 1.54) is 0 Å². The van der Waals surface area contributed by atoms with E-state index in [-0.39, 0.29) is 0 Å². The molecule has 0 aliphatic heterocycles. The molecule has 5 atom stereocenters. The molecule has 0 aliphatic carbocycles. The van der Waals surface area contributed by atoms with Gasteiger partial charge in [0.2, 0.25) is 0 Å². The van der Waals surface area contributed by atoms with Crippen LogP contribution >= 0.6 is 0 Å². The van der Waals surface area contributed by atoms with Gasteiger partial charge in [0.1, 0.15) is 30.5 Å². The lowest BCUT2D eigenvalue weighted by molar-refractivity contribution is -0.141. The molecule has 2 aromatic rings. The number of hydrogen-bond donors (Lipinski definition) is 6. The van der Waals surface area contributed by atoms with E-state index in [0.29, 0.717) is 10.9 Å². The van der Waals surface area contributed by atoms with Gasteiger partial charge in [-0.1, -0.05) is 42.5 Å². The molecule has 2 aromatic carbocycles. The van der Waals surface area contributed by atoms with Crippen LogP contribution in [-0.4, -0.2) is 61.7 Å². The van der Waals surface area contributed by atoms with Gasteiger partial charge in [-0.05, 0) is 16.3 Å². The molecule has 0 saturated heterocycles. The standard InChI is InChI=1S/C16H20O6/c17-8-12(18)14(20)16(22)15(21)13(19)11-7-3-5-9-4-1-2-6-10(9)11/h1-7,12-22H,8H2/t12-,13?,14-,15+,16+/m1/s1. The van der Waals surface area contributed by atoms with Crippen molar-refractivity contribution in [1.82, 2.24) is 0 Å². The van der Waals surface area contributed by atoms with Crippen LogP contribution < -0.4 is 0 Å². The zero-order valence-corrected chi connectivity index (χ0v) is 11.8. The molecule has 120 valence electrons. The molecule has 2 rings (SSSR count). The van der Waals surface area contributed by atoms with E-state index in [4.69, 9.17) is 5.11 Å². The Morgan fingerprint density at radius 2 is 1.36 bits per heavy atom. The first-order valence-corrected chi connectivity index (χ1v) is 6.96. The van der Waals surface area contributed by atoms with E-state index >= 15 is 0 Å². The lowest BCUT2D eigenvalue weighted by Gasteiger charge is -2.29. The Morgan fingerprint density at radius 1 is 0.727 bits per heavy atom. The fraction of sp³-hybridized carbons (Fsp3) is 0.375. The van der Waals surface area contributed by atoms with Crippen molar-refractivity contribution in [2.24, 2.45) is 0 Å². The van der Waals surface area contributed by atoms with E-state index < -0.39 is 37.1 Å². The highest BCUT2D eigenvalue weighted by molar-refractivity contribution is 5.86. The maximum atomic E-state index is 10.3. The summed E-state index contributed by atoms with van der Waals surface area (Å²) in [7, 11) is 0. The monoisotopic (exact) mass is 308 g/mol. The highest BCUT2D eigenvalue weighted by Gasteiger charge is 2.35. The Balaban J connectivity index is 2.27. The molecule has 6 heteroatoms. The van der Waals surface area contributed by atoms with Crippen molar-refractivity contribution in [3.8, 4) is 0 Å². The van der Waals surface area contributed by atoms with Crippen molar-refractivity contribution >= 4 is 10.8 Å². The second-order valence-electron chi connectivity index (χ2n) is 5.23. The van der Waals surface area contributed by atoms with E-state index in [1.807, 2.05) is 18.2 Å². The molecule has 0 amide bonds. The molecular formula is C16H20O6. The molecule has 0 spiro atoms. The van der Waals surface area contributed by atoms with Crippen LogP contribution in [0.2, 0.25) is 0 Å². The largest absolute Gasteiger partial charge is 0.394 e. The summed E-state index contributed by atoms with van der Waals surface area (Å²) in [6, 6.07) is 12.4. The molecule has 0 radical (unpaired) electrons. The van der Waals surface area contributed by atoms with Gasteiger partial charge in [-0.15, -0.1) is 0 Å². The Labute approximate surface area is 127 Å². The van der Waals surface area contributed by atoms with E-state index in [9.17, 15) is 25.5 Å². The van der Waals surface area contributed by atoms with Crippen molar-refractivity contribution in [3.63, 3.8) is 0 Å². The fourth-order valence-electron chi connectivity index (χ4n) is 2.42. The minimum Gasteiger partial charge on any atom is -0.394 e. The summed E-state index contributed by atoms with van der Waals surface area (Å²) in [5.74, 6) is 0. The predicted molar refractivity (Wildman–Crippen MR) is 80.0 cm³/mol. The molecule has 0 aromatic heterocycles. The average Bonchev–Trinajstić information content (AvgIpc) is 2.57. The van der Waals surface area contributed by atoms with Gasteiger partial charge in [-0.25, -0.2) is 0 Å². The van der Waals surface area contributed by atoms with Gasteiger partial charge < -0.3 is 30.6 Å². The second-order valence-corrected chi connectivity index (χ2v) is 5.23. The highest BCUT2D eigenvalue weighted by atomic mass is 16.4. The summed E-state index contributed by atoms with van der Waals surface area (Å²) in [6.07, 6.45) is -8.37. The minimum absolute atomic E-state index is 0.398. The van der Waals surface area contributed by atoms with E-state index in [1.54, 1.807) is 24.3 Å². The molecule has 1 unspecified atom stereocenters. The zero-order valence-electron chi connectivity index (χ0n) is 11.8. The van der Waals surface area contributed by atoms with E-state index in [2.05, 4.69) is 0 Å². The van der Waals surface area contributed by atoms with E-state index in [0.717, 1.165) is 5.39 Å². The highest BCUT2D eigenvalue weighted by Crippen LogP contribution is 2.28. The number of aliphatic hydroxyl groups excluding tert-OH is 6. The molecular weight excluding hydrogens is 288 g/mol. The summed E-state index contributed by atoms with van der Waals surface area (Å²) in [5.41, 5.74) is 0.398. The molecule has 6 N–H and O–H groups in total. The maximum absolute atomic E-state index is 10.3. The third-order valence-corrected chi connectivity index (χ3v) is 3.75. The van der Waals surface area contributed by atoms with Gasteiger partial charge in [0.15, 0.2) is 0 Å². The van der Waals surface area contributed by atoms with Crippen LogP contribution in [0.4, 0.5) is 0 Å². The summed E-state index contributed by atoms with van der Waals surface area (Å²) in [5, 5.41) is 59.5. The molecule has 0 aliphatic rings. The van der Waals surface area contributed by atoms with Gasteiger partial charge in [-0.2, -0.15) is 0 Å². The predicted octanol–water partition coefficient (Wildman–Crippen LogP) is -0.691. The van der Waals surface area contributed by atoms with Crippen LogP contribution in [-0.2, 0) is 0 Å². The summed E-state index contributed by atoms with van der Waals surface area (Å²) in [6.45, 7) is -0.769. The fourth-order valence-corrected chi connectivity index (χ4v) is 2.42. The normalized spacial score (nSPS) is 18.6. The molecule has 22 heavy (non-hydrogen) atoms. The van der Waals surface area contributed by atoms with Crippen molar-refractivity contribution in [1.29, 1.82) is 0 Å². The molecule has 0 heterocycles. The van der Waals surface area contributed by atoms with Gasteiger partial charge in [-0.3, -0.25) is 0 Å². The number of hydrogen-bond acceptors (Lipinski definition) is 6. The van der Waals surface area contributed by atoms with Crippen LogP contribution in [0.5, 0.6) is 0 Å². The second kappa shape index (κ2) is 7.15. The number of aliphatic hydroxyl groups is 6. The van der Waals surface area contributed by atoms with Crippen molar-refractivity contribution in [2.45, 2.75) is 30.5 Å². The number of fused-ring (bicyclic) bond motifs is 1. The van der Waals surface area contributed by atoms with Crippen molar-refractivity contribution in [2.75, 3.05) is 6.61 Å². The lowest BCUT2D eigenvalue weighted by atomic mass is 9.92. The van der Waals surface area contributed by atoms with Gasteiger partial charge in [0.05, 0.1) is 6.61 Å². The van der Waals surface area contributed by atoms with Crippen molar-refractivity contribution in [3.05, 3.63) is 48.0 Å². The van der Waals surface area contributed by atoms with Crippen molar-refractivity contribution < 1.29 is 30.6 Å². The molecule has 0 saturated carbocycles. The molecule has 6 nitrogen and oxygen atoms in total. The lowest BCUT2D eigenvalue weighted by Crippen LogP contribution is -2.47. The molecule has 0 bridgehead atoms. The topological polar surface area (TPSA) is 121 Å². The van der Waals surface area contributed by atoms with Crippen LogP contribution in [0.25, 0.3) is 10.8 Å². The first-order valence-electron chi connectivity index (χ1n) is 6.96. The first-order chi connectivity index (χ1) is 10.5. The molecule has 0 fully saturated rings. The Morgan fingerprint density at radius 3 is 2.05 bits per heavy atom. The van der Waals surface area contributed by atoms with Gasteiger partial charge in [0, 0.05) is 0 Å². The third kappa shape index (κ3) is 3.27. The van der Waals surface area contributed by atoms with Crippen LogP contribution in [0.15, 0.2) is 42.5 Å². The smallest absolute Gasteiger partial charge is 0.113 e. The summed E-state index contributed by atoms with van der Waals surface area (Å²) in [4.78, 5) is 0. The summed E-state index contributed by atoms with van der Waals surface area (Å²) < 4.78 is 0. The quantitative estimate of drug-likeness (QED) is 0.420. The maximum Gasteiger partial charge on any atom is 0.113 e. The van der Waals surface area contributed by atoms with Gasteiger partial charge >= 0.3 is 0 Å². The van der Waals surface area contributed by atoms with Crippen LogP contribution in [0.3, 0.4) is 0 Å². The Bertz CT molecular complexity index is 611. The summed E-state index contributed by atoms with van der Waals surface area (Å²) >= 11 is 0. The van der Waals surface area contributed by atoms with Crippen LogP contribution in [0, 0.1) is 0 Å². The number of rotatable bonds is 6. The average molecular weight is 308 g/mol. The number of benzene rings is 2. The SMILES string of the molecule is OC[C@@H](O)[C@@H](O)[C@H](O)[C@@H](O)C(O)c1cccc2ccccc12. The Hall–Kier alpha value is -1.54. The minimum atomic E-state index is -1.81. The Kier molecular flexibility index (Phi) is 5.47. The van der Waals surface area contributed by atoms with Gasteiger partial charge in [0.25, 0.3) is 0 Å².